The fourth-order valence-corrected chi connectivity index (χ4v) is 3.81. The monoisotopic (exact) mass is 385 g/mol. The number of aliphatic hydroxyl groups excluding tert-OH is 1. The lowest BCUT2D eigenvalue weighted by Gasteiger charge is -2.25. The van der Waals surface area contributed by atoms with Gasteiger partial charge in [0.25, 0.3) is 0 Å². The number of hydrogen-bond acceptors (Lipinski definition) is 4. The Balaban J connectivity index is 1.91. The normalized spacial score (nSPS) is 16.2. The average molecular weight is 385 g/mol. The molecule has 1 aliphatic rings. The molecule has 0 amide bonds. The topological polar surface area (TPSA) is 71.1 Å². The quantitative estimate of drug-likeness (QED) is 0.534. The van der Waals surface area contributed by atoms with Crippen LogP contribution in [-0.2, 0) is 4.74 Å². The van der Waals surface area contributed by atoms with Crippen molar-refractivity contribution in [2.45, 2.75) is 38.3 Å². The second-order valence-corrected chi connectivity index (χ2v) is 7.12. The van der Waals surface area contributed by atoms with Crippen LogP contribution in [0.25, 0.3) is 22.0 Å². The summed E-state index contributed by atoms with van der Waals surface area (Å²) in [5.74, 6) is 6.38. The molecule has 1 aromatic heterocycles. The van der Waals surface area contributed by atoms with Crippen LogP contribution in [-0.4, -0.2) is 28.1 Å². The van der Waals surface area contributed by atoms with Crippen LogP contribution in [0.5, 0.6) is 0 Å². The fourth-order valence-electron chi connectivity index (χ4n) is 3.81. The Morgan fingerprint density at radius 3 is 2.93 bits per heavy atom. The minimum atomic E-state index is -0.123. The molecular weight excluding hydrogens is 362 g/mol. The van der Waals surface area contributed by atoms with Crippen molar-refractivity contribution in [3.8, 4) is 29.2 Å². The van der Waals surface area contributed by atoms with E-state index < -0.39 is 0 Å². The van der Waals surface area contributed by atoms with Gasteiger partial charge in [-0.2, -0.15) is 10.4 Å². The predicted molar refractivity (Wildman–Crippen MR) is 112 cm³/mol. The highest BCUT2D eigenvalue weighted by Gasteiger charge is 2.23. The standard InChI is InChI=1S/C24H23N3O2/c25-17-21-20-10-4-3-8-18(20)16-19(9-2-1-6-14-28)24(21)22-12-13-26-27(22)23-11-5-7-15-29-23/h3-4,8,10,12-13,16,23,28H,1,5-7,11,14-15H2. The maximum Gasteiger partial charge on any atom is 0.150 e. The summed E-state index contributed by atoms with van der Waals surface area (Å²) in [5.41, 5.74) is 3.06. The minimum absolute atomic E-state index is 0.120. The van der Waals surface area contributed by atoms with Crippen molar-refractivity contribution < 1.29 is 9.84 Å². The number of unbranched alkanes of at least 4 members (excludes halogenated alkanes) is 1. The number of rotatable bonds is 4. The van der Waals surface area contributed by atoms with Crippen molar-refractivity contribution in [3.05, 3.63) is 53.7 Å². The van der Waals surface area contributed by atoms with E-state index in [1.54, 1.807) is 6.20 Å². The van der Waals surface area contributed by atoms with Gasteiger partial charge in [0.05, 0.1) is 11.3 Å². The highest BCUT2D eigenvalue weighted by Crippen LogP contribution is 2.36. The Hall–Kier alpha value is -3.12. The van der Waals surface area contributed by atoms with E-state index >= 15 is 0 Å². The molecule has 1 aliphatic heterocycles. The molecule has 0 aliphatic carbocycles. The van der Waals surface area contributed by atoms with E-state index in [4.69, 9.17) is 9.84 Å². The maximum atomic E-state index is 10.1. The summed E-state index contributed by atoms with van der Waals surface area (Å²) in [7, 11) is 0. The van der Waals surface area contributed by atoms with Gasteiger partial charge in [-0.3, -0.25) is 0 Å². The van der Waals surface area contributed by atoms with Crippen LogP contribution in [0.2, 0.25) is 0 Å². The zero-order valence-electron chi connectivity index (χ0n) is 16.3. The third kappa shape index (κ3) is 3.89. The summed E-state index contributed by atoms with van der Waals surface area (Å²) in [6, 6.07) is 14.3. The van der Waals surface area contributed by atoms with Crippen LogP contribution in [0.4, 0.5) is 0 Å². The number of aromatic nitrogens is 2. The van der Waals surface area contributed by atoms with E-state index in [0.717, 1.165) is 53.5 Å². The van der Waals surface area contributed by atoms with Gasteiger partial charge in [-0.05, 0) is 43.2 Å². The molecule has 3 aromatic rings. The number of nitrogens with zero attached hydrogens (tertiary/aromatic N) is 3. The highest BCUT2D eigenvalue weighted by molar-refractivity contribution is 5.96. The van der Waals surface area contributed by atoms with Gasteiger partial charge in [0.2, 0.25) is 0 Å². The van der Waals surface area contributed by atoms with Crippen LogP contribution < -0.4 is 0 Å². The summed E-state index contributed by atoms with van der Waals surface area (Å²) in [6.45, 7) is 0.842. The van der Waals surface area contributed by atoms with E-state index in [1.807, 2.05) is 41.1 Å². The zero-order chi connectivity index (χ0) is 20.1. The van der Waals surface area contributed by atoms with Crippen LogP contribution >= 0.6 is 0 Å². The van der Waals surface area contributed by atoms with Gasteiger partial charge in [-0.1, -0.05) is 36.1 Å². The third-order valence-corrected chi connectivity index (χ3v) is 5.20. The van der Waals surface area contributed by atoms with E-state index in [-0.39, 0.29) is 12.8 Å². The Labute approximate surface area is 170 Å². The molecule has 1 N–H and O–H groups in total. The summed E-state index contributed by atoms with van der Waals surface area (Å²) in [4.78, 5) is 0. The van der Waals surface area contributed by atoms with Gasteiger partial charge in [0.1, 0.15) is 6.07 Å². The lowest BCUT2D eigenvalue weighted by molar-refractivity contribution is -0.0383. The van der Waals surface area contributed by atoms with Gasteiger partial charge in [-0.15, -0.1) is 0 Å². The molecule has 2 heterocycles. The number of ether oxygens (including phenoxy) is 1. The first-order valence-electron chi connectivity index (χ1n) is 10.0. The van der Waals surface area contributed by atoms with Crippen molar-refractivity contribution in [1.29, 1.82) is 5.26 Å². The van der Waals surface area contributed by atoms with Crippen LogP contribution in [0.3, 0.4) is 0 Å². The van der Waals surface area contributed by atoms with Crippen LogP contribution in [0.1, 0.15) is 49.5 Å². The zero-order valence-corrected chi connectivity index (χ0v) is 16.3. The lowest BCUT2D eigenvalue weighted by atomic mass is 9.92. The summed E-state index contributed by atoms with van der Waals surface area (Å²) < 4.78 is 7.84. The van der Waals surface area contributed by atoms with Crippen molar-refractivity contribution in [3.63, 3.8) is 0 Å². The van der Waals surface area contributed by atoms with Gasteiger partial charge < -0.3 is 9.84 Å². The molecule has 0 spiro atoms. The first kappa shape index (κ1) is 19.2. The molecule has 1 unspecified atom stereocenters. The van der Waals surface area contributed by atoms with Gasteiger partial charge >= 0.3 is 0 Å². The van der Waals surface area contributed by atoms with Gasteiger partial charge in [0, 0.05) is 42.3 Å². The molecule has 1 fully saturated rings. The maximum absolute atomic E-state index is 10.1. The summed E-state index contributed by atoms with van der Waals surface area (Å²) in [6.07, 6.45) is 5.94. The van der Waals surface area contributed by atoms with Crippen LogP contribution in [0, 0.1) is 23.2 Å². The van der Waals surface area contributed by atoms with Gasteiger partial charge in [-0.25, -0.2) is 4.68 Å². The van der Waals surface area contributed by atoms with E-state index in [1.165, 1.54) is 0 Å². The molecule has 2 aromatic carbocycles. The summed E-state index contributed by atoms with van der Waals surface area (Å²) in [5, 5.41) is 25.5. The Morgan fingerprint density at radius 1 is 1.24 bits per heavy atom. The Morgan fingerprint density at radius 2 is 2.14 bits per heavy atom. The highest BCUT2D eigenvalue weighted by atomic mass is 16.5. The first-order chi connectivity index (χ1) is 14.3. The molecule has 5 heteroatoms. The number of nitriles is 1. The third-order valence-electron chi connectivity index (χ3n) is 5.20. The smallest absolute Gasteiger partial charge is 0.150 e. The second kappa shape index (κ2) is 8.92. The molecule has 1 saturated heterocycles. The average Bonchev–Trinajstić information content (AvgIpc) is 3.25. The molecule has 0 saturated carbocycles. The fraction of sp³-hybridized carbons (Fsp3) is 0.333. The van der Waals surface area contributed by atoms with E-state index in [0.29, 0.717) is 18.4 Å². The van der Waals surface area contributed by atoms with Crippen molar-refractivity contribution >= 4 is 10.8 Å². The SMILES string of the molecule is N#Cc1c(-c2ccnn2C2CCCCO2)c(C#CCCCO)cc2ccccc12. The van der Waals surface area contributed by atoms with Crippen molar-refractivity contribution in [1.82, 2.24) is 9.78 Å². The summed E-state index contributed by atoms with van der Waals surface area (Å²) >= 11 is 0. The molecule has 5 nitrogen and oxygen atoms in total. The number of hydrogen-bond donors (Lipinski definition) is 1. The Kier molecular flexibility index (Phi) is 5.91. The predicted octanol–water partition coefficient (Wildman–Crippen LogP) is 4.40. The van der Waals surface area contributed by atoms with Gasteiger partial charge in [0.15, 0.2) is 6.23 Å². The molecule has 0 bridgehead atoms. The number of fused-ring (bicyclic) bond motifs is 1. The molecule has 4 rings (SSSR count). The molecule has 146 valence electrons. The van der Waals surface area contributed by atoms with E-state index in [9.17, 15) is 5.26 Å². The minimum Gasteiger partial charge on any atom is -0.396 e. The molecule has 0 radical (unpaired) electrons. The second-order valence-electron chi connectivity index (χ2n) is 7.12. The van der Waals surface area contributed by atoms with Crippen molar-refractivity contribution in [2.75, 3.05) is 13.2 Å². The largest absolute Gasteiger partial charge is 0.396 e. The van der Waals surface area contributed by atoms with E-state index in [2.05, 4.69) is 23.0 Å². The molecule has 29 heavy (non-hydrogen) atoms. The van der Waals surface area contributed by atoms with Crippen LogP contribution in [0.15, 0.2) is 42.6 Å². The molecular formula is C24H23N3O2. The van der Waals surface area contributed by atoms with Crippen molar-refractivity contribution in [2.24, 2.45) is 0 Å². The number of benzene rings is 2. The number of aliphatic hydroxyl groups is 1. The lowest BCUT2D eigenvalue weighted by Crippen LogP contribution is -2.20. The first-order valence-corrected chi connectivity index (χ1v) is 10.0. The Bertz CT molecular complexity index is 1110. The molecule has 1 atom stereocenters.